The van der Waals surface area contributed by atoms with Gasteiger partial charge < -0.3 is 5.73 Å². The predicted molar refractivity (Wildman–Crippen MR) is 68.6 cm³/mol. The number of benzene rings is 1. The van der Waals surface area contributed by atoms with E-state index >= 15 is 0 Å². The Bertz CT molecular complexity index is 458. The van der Waals surface area contributed by atoms with Crippen LogP contribution in [0.25, 0.3) is 0 Å². The van der Waals surface area contributed by atoms with Crippen molar-refractivity contribution in [3.63, 3.8) is 0 Å². The number of nitrogen functional groups attached to an aromatic ring is 1. The van der Waals surface area contributed by atoms with Crippen molar-refractivity contribution in [2.75, 3.05) is 5.73 Å². The number of nitrogens with zero attached hydrogens (tertiary/aromatic N) is 1. The van der Waals surface area contributed by atoms with Crippen molar-refractivity contribution in [2.45, 2.75) is 45.1 Å². The van der Waals surface area contributed by atoms with Crippen LogP contribution in [0.3, 0.4) is 0 Å². The summed E-state index contributed by atoms with van der Waals surface area (Å²) in [6.45, 7) is 4.06. The van der Waals surface area contributed by atoms with E-state index in [0.29, 0.717) is 0 Å². The first-order valence-electron chi connectivity index (χ1n) is 6.05. The van der Waals surface area contributed by atoms with Gasteiger partial charge in [-0.15, -0.1) is 0 Å². The number of aliphatic imine (C=N–C) groups is 1. The second kappa shape index (κ2) is 4.34. The van der Waals surface area contributed by atoms with Gasteiger partial charge in [-0.1, -0.05) is 18.9 Å². The third-order valence-electron chi connectivity index (χ3n) is 3.94. The summed E-state index contributed by atoms with van der Waals surface area (Å²) >= 11 is 0. The number of hydrogen-bond acceptors (Lipinski definition) is 3. The molecule has 0 aromatic heterocycles. The minimum atomic E-state index is -0.367. The average Bonchev–Trinajstić information content (AvgIpc) is 2.75. The molecular weight excluding hydrogens is 212 g/mol. The van der Waals surface area contributed by atoms with E-state index in [0.717, 1.165) is 48.1 Å². The Hall–Kier alpha value is -1.60. The topological polar surface area (TPSA) is 55.5 Å². The van der Waals surface area contributed by atoms with E-state index < -0.39 is 0 Å². The molecule has 1 aromatic rings. The van der Waals surface area contributed by atoms with Crippen LogP contribution in [0.4, 0.5) is 5.69 Å². The smallest absolute Gasteiger partial charge is 0.235 e. The number of isocyanates is 1. The summed E-state index contributed by atoms with van der Waals surface area (Å²) in [6.07, 6.45) is 5.80. The number of aryl methyl sites for hydroxylation is 1. The van der Waals surface area contributed by atoms with Crippen LogP contribution in [-0.2, 0) is 10.3 Å². The second-order valence-corrected chi connectivity index (χ2v) is 4.95. The number of nitrogens with two attached hydrogens (primary N) is 1. The fourth-order valence-electron chi connectivity index (χ4n) is 2.67. The van der Waals surface area contributed by atoms with E-state index in [2.05, 4.69) is 11.1 Å². The van der Waals surface area contributed by atoms with Crippen LogP contribution in [0, 0.1) is 13.8 Å². The summed E-state index contributed by atoms with van der Waals surface area (Å²) < 4.78 is 0. The maximum absolute atomic E-state index is 10.7. The van der Waals surface area contributed by atoms with Gasteiger partial charge in [0.1, 0.15) is 0 Å². The zero-order chi connectivity index (χ0) is 12.5. The molecule has 3 heteroatoms. The Balaban J connectivity index is 2.54. The maximum Gasteiger partial charge on any atom is 0.235 e. The molecule has 0 bridgehead atoms. The van der Waals surface area contributed by atoms with Gasteiger partial charge in [0.05, 0.1) is 5.54 Å². The third kappa shape index (κ3) is 1.98. The standard InChI is InChI=1S/C14H18N2O/c1-10-7-12(8-13(15)11(10)2)14(16-9-17)5-3-4-6-14/h7-8H,3-6,15H2,1-2H3. The molecule has 2 N–H and O–H groups in total. The molecule has 0 unspecified atom stereocenters. The van der Waals surface area contributed by atoms with Gasteiger partial charge in [0, 0.05) is 5.69 Å². The molecular formula is C14H18N2O. The Morgan fingerprint density at radius 2 is 1.94 bits per heavy atom. The van der Waals surface area contributed by atoms with Crippen molar-refractivity contribution < 1.29 is 4.79 Å². The average molecular weight is 230 g/mol. The molecule has 1 aliphatic carbocycles. The van der Waals surface area contributed by atoms with Gasteiger partial charge in [0.15, 0.2) is 0 Å². The van der Waals surface area contributed by atoms with Gasteiger partial charge in [0.25, 0.3) is 0 Å². The van der Waals surface area contributed by atoms with Crippen molar-refractivity contribution in [3.8, 4) is 0 Å². The van der Waals surface area contributed by atoms with Crippen molar-refractivity contribution in [1.82, 2.24) is 0 Å². The second-order valence-electron chi connectivity index (χ2n) is 4.95. The van der Waals surface area contributed by atoms with E-state index in [1.807, 2.05) is 19.9 Å². The van der Waals surface area contributed by atoms with Crippen LogP contribution in [0.15, 0.2) is 17.1 Å². The van der Waals surface area contributed by atoms with Crippen LogP contribution in [0.5, 0.6) is 0 Å². The summed E-state index contributed by atoms with van der Waals surface area (Å²) in [5.41, 5.74) is 9.76. The van der Waals surface area contributed by atoms with Crippen LogP contribution >= 0.6 is 0 Å². The zero-order valence-electron chi connectivity index (χ0n) is 10.4. The van der Waals surface area contributed by atoms with Gasteiger partial charge in [-0.25, -0.2) is 4.79 Å². The lowest BCUT2D eigenvalue weighted by Crippen LogP contribution is -2.19. The highest BCUT2D eigenvalue weighted by Gasteiger charge is 2.36. The van der Waals surface area contributed by atoms with Crippen molar-refractivity contribution in [3.05, 3.63) is 28.8 Å². The fourth-order valence-corrected chi connectivity index (χ4v) is 2.67. The Kier molecular flexibility index (Phi) is 3.03. The fraction of sp³-hybridized carbons (Fsp3) is 0.500. The van der Waals surface area contributed by atoms with Crippen LogP contribution in [-0.4, -0.2) is 6.08 Å². The monoisotopic (exact) mass is 230 g/mol. The molecule has 3 nitrogen and oxygen atoms in total. The molecule has 0 amide bonds. The number of carbonyl (C=O) groups excluding carboxylic acids is 1. The summed E-state index contributed by atoms with van der Waals surface area (Å²) in [6, 6.07) is 4.08. The van der Waals surface area contributed by atoms with Crippen molar-refractivity contribution in [1.29, 1.82) is 0 Å². The van der Waals surface area contributed by atoms with Gasteiger partial charge in [0.2, 0.25) is 6.08 Å². The molecule has 90 valence electrons. The van der Waals surface area contributed by atoms with Crippen LogP contribution < -0.4 is 5.73 Å². The first-order chi connectivity index (χ1) is 8.09. The molecule has 0 heterocycles. The molecule has 0 spiro atoms. The Labute approximate surface area is 102 Å². The Morgan fingerprint density at radius 3 is 2.47 bits per heavy atom. The molecule has 1 aliphatic rings. The number of rotatable bonds is 2. The van der Waals surface area contributed by atoms with Crippen LogP contribution in [0.2, 0.25) is 0 Å². The lowest BCUT2D eigenvalue weighted by Gasteiger charge is -2.24. The normalized spacial score (nSPS) is 17.8. The molecule has 1 saturated carbocycles. The zero-order valence-corrected chi connectivity index (χ0v) is 10.4. The number of hydrogen-bond donors (Lipinski definition) is 1. The lowest BCUT2D eigenvalue weighted by molar-refractivity contribution is 0.456. The van der Waals surface area contributed by atoms with E-state index in [1.165, 1.54) is 0 Å². The highest BCUT2D eigenvalue weighted by Crippen LogP contribution is 2.43. The molecule has 17 heavy (non-hydrogen) atoms. The summed E-state index contributed by atoms with van der Waals surface area (Å²) in [7, 11) is 0. The highest BCUT2D eigenvalue weighted by molar-refractivity contribution is 5.54. The number of anilines is 1. The van der Waals surface area contributed by atoms with E-state index in [1.54, 1.807) is 6.08 Å². The Morgan fingerprint density at radius 1 is 1.29 bits per heavy atom. The molecule has 0 atom stereocenters. The molecule has 2 rings (SSSR count). The summed E-state index contributed by atoms with van der Waals surface area (Å²) in [4.78, 5) is 14.7. The van der Waals surface area contributed by atoms with Gasteiger partial charge in [-0.05, 0) is 49.4 Å². The van der Waals surface area contributed by atoms with E-state index in [-0.39, 0.29) is 5.54 Å². The molecule has 0 saturated heterocycles. The maximum atomic E-state index is 10.7. The molecule has 0 aliphatic heterocycles. The first-order valence-corrected chi connectivity index (χ1v) is 6.05. The molecule has 0 radical (unpaired) electrons. The van der Waals surface area contributed by atoms with Crippen molar-refractivity contribution in [2.24, 2.45) is 4.99 Å². The van der Waals surface area contributed by atoms with Crippen LogP contribution in [0.1, 0.15) is 42.4 Å². The molecule has 1 fully saturated rings. The SMILES string of the molecule is Cc1cc(C2(N=C=O)CCCC2)cc(N)c1C. The largest absolute Gasteiger partial charge is 0.398 e. The highest BCUT2D eigenvalue weighted by atomic mass is 16.1. The minimum absolute atomic E-state index is 0.367. The molecule has 1 aromatic carbocycles. The quantitative estimate of drug-likeness (QED) is 0.482. The predicted octanol–water partition coefficient (Wildman–Crippen LogP) is 2.99. The third-order valence-corrected chi connectivity index (χ3v) is 3.94. The van der Waals surface area contributed by atoms with Crippen molar-refractivity contribution >= 4 is 11.8 Å². The lowest BCUT2D eigenvalue weighted by atomic mass is 9.86. The first kappa shape index (κ1) is 11.9. The van der Waals surface area contributed by atoms with E-state index in [9.17, 15) is 4.79 Å². The summed E-state index contributed by atoms with van der Waals surface area (Å²) in [5, 5.41) is 0. The van der Waals surface area contributed by atoms with Gasteiger partial charge in [-0.3, -0.25) is 0 Å². The van der Waals surface area contributed by atoms with Gasteiger partial charge in [-0.2, -0.15) is 4.99 Å². The van der Waals surface area contributed by atoms with Gasteiger partial charge >= 0.3 is 0 Å². The minimum Gasteiger partial charge on any atom is -0.398 e. The summed E-state index contributed by atoms with van der Waals surface area (Å²) in [5.74, 6) is 0. The van der Waals surface area contributed by atoms with E-state index in [4.69, 9.17) is 5.73 Å².